The van der Waals surface area contributed by atoms with Crippen molar-refractivity contribution < 1.29 is 9.21 Å². The Labute approximate surface area is 146 Å². The lowest BCUT2D eigenvalue weighted by Gasteiger charge is -2.10. The number of nitrogens with one attached hydrogen (secondary N) is 1. The molecule has 4 rings (SSSR count). The van der Waals surface area contributed by atoms with E-state index in [0.717, 1.165) is 18.4 Å². The summed E-state index contributed by atoms with van der Waals surface area (Å²) in [5.74, 6) is 1.20. The van der Waals surface area contributed by atoms with Gasteiger partial charge in [0.15, 0.2) is 0 Å². The minimum Gasteiger partial charge on any atom is -0.419 e. The standard InChI is InChI=1S/C20H19N3O2/c24-18(12-16-11-10-14-6-4-5-9-17(14)16)21-13-19-22-23-20(25-19)15-7-2-1-3-8-15/h1-9,16H,10-13H2,(H,21,24). The van der Waals surface area contributed by atoms with Crippen LogP contribution in [0.1, 0.15) is 35.8 Å². The highest BCUT2D eigenvalue weighted by atomic mass is 16.4. The molecule has 1 N–H and O–H groups in total. The summed E-state index contributed by atoms with van der Waals surface area (Å²) in [7, 11) is 0. The van der Waals surface area contributed by atoms with E-state index in [1.165, 1.54) is 11.1 Å². The molecule has 3 aromatic rings. The van der Waals surface area contributed by atoms with Crippen molar-refractivity contribution in [3.05, 3.63) is 71.6 Å². The maximum Gasteiger partial charge on any atom is 0.247 e. The van der Waals surface area contributed by atoms with Gasteiger partial charge in [0.1, 0.15) is 0 Å². The minimum absolute atomic E-state index is 0.0150. The Kier molecular flexibility index (Phi) is 4.29. The lowest BCUT2D eigenvalue weighted by Crippen LogP contribution is -2.24. The van der Waals surface area contributed by atoms with Crippen molar-refractivity contribution >= 4 is 5.91 Å². The maximum atomic E-state index is 12.3. The van der Waals surface area contributed by atoms with E-state index in [9.17, 15) is 4.79 Å². The smallest absolute Gasteiger partial charge is 0.247 e. The summed E-state index contributed by atoms with van der Waals surface area (Å²) in [6, 6.07) is 18.0. The number of fused-ring (bicyclic) bond motifs is 1. The fraction of sp³-hybridized carbons (Fsp3) is 0.250. The van der Waals surface area contributed by atoms with Gasteiger partial charge in [-0.2, -0.15) is 0 Å². The van der Waals surface area contributed by atoms with E-state index in [1.54, 1.807) is 0 Å². The number of hydrogen-bond acceptors (Lipinski definition) is 4. The second-order valence-electron chi connectivity index (χ2n) is 6.28. The first-order valence-electron chi connectivity index (χ1n) is 8.52. The molecule has 1 heterocycles. The zero-order valence-corrected chi connectivity index (χ0v) is 13.8. The fourth-order valence-corrected chi connectivity index (χ4v) is 3.35. The van der Waals surface area contributed by atoms with Crippen molar-refractivity contribution in [1.29, 1.82) is 0 Å². The van der Waals surface area contributed by atoms with Crippen LogP contribution in [-0.2, 0) is 17.8 Å². The number of rotatable bonds is 5. The molecule has 1 aromatic heterocycles. The highest BCUT2D eigenvalue weighted by Gasteiger charge is 2.24. The van der Waals surface area contributed by atoms with E-state index in [-0.39, 0.29) is 12.5 Å². The van der Waals surface area contributed by atoms with E-state index in [2.05, 4.69) is 33.7 Å². The molecule has 0 saturated carbocycles. The highest BCUT2D eigenvalue weighted by Crippen LogP contribution is 2.35. The first-order chi connectivity index (χ1) is 12.3. The third-order valence-electron chi connectivity index (χ3n) is 4.61. The first kappa shape index (κ1) is 15.6. The number of carbonyl (C=O) groups excluding carboxylic acids is 1. The summed E-state index contributed by atoms with van der Waals surface area (Å²) in [4.78, 5) is 12.3. The van der Waals surface area contributed by atoms with Crippen molar-refractivity contribution in [3.8, 4) is 11.5 Å². The lowest BCUT2D eigenvalue weighted by atomic mass is 9.97. The van der Waals surface area contributed by atoms with Gasteiger partial charge in [-0.3, -0.25) is 4.79 Å². The van der Waals surface area contributed by atoms with Crippen LogP contribution in [0.4, 0.5) is 0 Å². The largest absolute Gasteiger partial charge is 0.419 e. The molecule has 1 amide bonds. The highest BCUT2D eigenvalue weighted by molar-refractivity contribution is 5.77. The first-order valence-corrected chi connectivity index (χ1v) is 8.52. The number of carbonyl (C=O) groups is 1. The van der Waals surface area contributed by atoms with Gasteiger partial charge in [-0.15, -0.1) is 10.2 Å². The maximum absolute atomic E-state index is 12.3. The molecule has 5 nitrogen and oxygen atoms in total. The molecule has 25 heavy (non-hydrogen) atoms. The zero-order chi connectivity index (χ0) is 17.1. The number of amides is 1. The SMILES string of the molecule is O=C(CC1CCc2ccccc21)NCc1nnc(-c2ccccc2)o1. The Morgan fingerprint density at radius 1 is 1.08 bits per heavy atom. The Bertz CT molecular complexity index is 873. The predicted octanol–water partition coefficient (Wildman–Crippen LogP) is 3.47. The van der Waals surface area contributed by atoms with Crippen molar-refractivity contribution in [2.75, 3.05) is 0 Å². The topological polar surface area (TPSA) is 68.0 Å². The molecule has 0 spiro atoms. The molecular formula is C20H19N3O2. The average molecular weight is 333 g/mol. The molecule has 0 bridgehead atoms. The van der Waals surface area contributed by atoms with E-state index in [4.69, 9.17) is 4.42 Å². The van der Waals surface area contributed by atoms with Gasteiger partial charge < -0.3 is 9.73 Å². The molecule has 5 heteroatoms. The minimum atomic E-state index is 0.0150. The van der Waals surface area contributed by atoms with Gasteiger partial charge in [-0.25, -0.2) is 0 Å². The van der Waals surface area contributed by atoms with Crippen LogP contribution in [-0.4, -0.2) is 16.1 Å². The summed E-state index contributed by atoms with van der Waals surface area (Å²) in [6.07, 6.45) is 2.58. The van der Waals surface area contributed by atoms with Gasteiger partial charge >= 0.3 is 0 Å². The van der Waals surface area contributed by atoms with E-state index < -0.39 is 0 Å². The second-order valence-corrected chi connectivity index (χ2v) is 6.28. The molecule has 2 aromatic carbocycles. The van der Waals surface area contributed by atoms with Gasteiger partial charge in [-0.1, -0.05) is 42.5 Å². The van der Waals surface area contributed by atoms with Crippen molar-refractivity contribution in [3.63, 3.8) is 0 Å². The lowest BCUT2D eigenvalue weighted by molar-refractivity contribution is -0.121. The third-order valence-corrected chi connectivity index (χ3v) is 4.61. The van der Waals surface area contributed by atoms with Crippen molar-refractivity contribution in [2.45, 2.75) is 31.7 Å². The predicted molar refractivity (Wildman–Crippen MR) is 93.7 cm³/mol. The van der Waals surface area contributed by atoms with Crippen molar-refractivity contribution in [1.82, 2.24) is 15.5 Å². The van der Waals surface area contributed by atoms with Crippen LogP contribution in [0.5, 0.6) is 0 Å². The summed E-state index contributed by atoms with van der Waals surface area (Å²) >= 11 is 0. The number of nitrogens with zero attached hydrogens (tertiary/aromatic N) is 2. The molecule has 1 atom stereocenters. The molecule has 0 radical (unpaired) electrons. The van der Waals surface area contributed by atoms with Gasteiger partial charge in [0.25, 0.3) is 0 Å². The Morgan fingerprint density at radius 2 is 1.88 bits per heavy atom. The van der Waals surface area contributed by atoms with Crippen LogP contribution in [0.15, 0.2) is 59.0 Å². The Hall–Kier alpha value is -2.95. The quantitative estimate of drug-likeness (QED) is 0.776. The van der Waals surface area contributed by atoms with Crippen LogP contribution in [0.25, 0.3) is 11.5 Å². The van der Waals surface area contributed by atoms with Gasteiger partial charge in [0.2, 0.25) is 17.7 Å². The summed E-state index contributed by atoms with van der Waals surface area (Å²) < 4.78 is 5.61. The monoisotopic (exact) mass is 333 g/mol. The van der Waals surface area contributed by atoms with E-state index >= 15 is 0 Å². The van der Waals surface area contributed by atoms with Crippen LogP contribution in [0.2, 0.25) is 0 Å². The number of benzene rings is 2. The van der Waals surface area contributed by atoms with E-state index in [0.29, 0.717) is 24.1 Å². The third kappa shape index (κ3) is 3.45. The van der Waals surface area contributed by atoms with Gasteiger partial charge in [-0.05, 0) is 42.0 Å². The summed E-state index contributed by atoms with van der Waals surface area (Å²) in [6.45, 7) is 0.257. The van der Waals surface area contributed by atoms with Gasteiger partial charge in [0.05, 0.1) is 6.54 Å². The molecule has 126 valence electrons. The molecule has 0 aliphatic heterocycles. The van der Waals surface area contributed by atoms with Gasteiger partial charge in [0, 0.05) is 12.0 Å². The summed E-state index contributed by atoms with van der Waals surface area (Å²) in [5.41, 5.74) is 3.54. The molecule has 0 saturated heterocycles. The van der Waals surface area contributed by atoms with Crippen LogP contribution in [0, 0.1) is 0 Å². The Balaban J connectivity index is 1.33. The van der Waals surface area contributed by atoms with Crippen LogP contribution in [0.3, 0.4) is 0 Å². The van der Waals surface area contributed by atoms with E-state index in [1.807, 2.05) is 36.4 Å². The van der Waals surface area contributed by atoms with Crippen molar-refractivity contribution in [2.24, 2.45) is 0 Å². The Morgan fingerprint density at radius 3 is 2.76 bits per heavy atom. The molecular weight excluding hydrogens is 314 g/mol. The molecule has 1 aliphatic carbocycles. The normalized spacial score (nSPS) is 15.8. The summed E-state index contributed by atoms with van der Waals surface area (Å²) in [5, 5.41) is 10.9. The zero-order valence-electron chi connectivity index (χ0n) is 13.8. The van der Waals surface area contributed by atoms with Crippen LogP contribution >= 0.6 is 0 Å². The fourth-order valence-electron chi connectivity index (χ4n) is 3.35. The number of hydrogen-bond donors (Lipinski definition) is 1. The molecule has 1 aliphatic rings. The second kappa shape index (κ2) is 6.89. The molecule has 0 fully saturated rings. The molecule has 1 unspecified atom stereocenters. The van der Waals surface area contributed by atoms with Crippen LogP contribution < -0.4 is 5.32 Å². The number of aromatic nitrogens is 2. The number of aryl methyl sites for hydroxylation is 1. The average Bonchev–Trinajstić information content (AvgIpc) is 3.28.